The summed E-state index contributed by atoms with van der Waals surface area (Å²) in [6, 6.07) is 0. The van der Waals surface area contributed by atoms with E-state index in [2.05, 4.69) is 79.1 Å². The van der Waals surface area contributed by atoms with Gasteiger partial charge in [-0.25, -0.2) is 4.57 Å². The highest BCUT2D eigenvalue weighted by Gasteiger charge is 2.27. The van der Waals surface area contributed by atoms with Crippen LogP contribution in [0.3, 0.4) is 0 Å². The monoisotopic (exact) mass is 825 g/mol. The normalized spacial score (nSPS) is 14.4. The van der Waals surface area contributed by atoms with Crippen LogP contribution in [0.1, 0.15) is 181 Å². The minimum atomic E-state index is -4.63. The fourth-order valence-corrected chi connectivity index (χ4v) is 6.47. The van der Waals surface area contributed by atoms with Crippen molar-refractivity contribution in [2.45, 2.75) is 193 Å². The van der Waals surface area contributed by atoms with Crippen LogP contribution in [-0.4, -0.2) is 65.7 Å². The van der Waals surface area contributed by atoms with Crippen molar-refractivity contribution in [3.8, 4) is 0 Å². The number of aliphatic hydroxyl groups is 2. The first kappa shape index (κ1) is 54.7. The van der Waals surface area contributed by atoms with Crippen LogP contribution >= 0.6 is 7.82 Å². The average Bonchev–Trinajstić information content (AvgIpc) is 3.20. The number of aliphatic hydroxyl groups excluding tert-OH is 2. The van der Waals surface area contributed by atoms with Gasteiger partial charge in [-0.15, -0.1) is 0 Å². The number of allylic oxidation sites excluding steroid dienone is 10. The minimum absolute atomic E-state index is 0.154. The van der Waals surface area contributed by atoms with E-state index in [4.69, 9.17) is 19.1 Å². The van der Waals surface area contributed by atoms with Gasteiger partial charge in [0, 0.05) is 12.8 Å². The molecule has 0 aliphatic carbocycles. The van der Waals surface area contributed by atoms with E-state index in [0.717, 1.165) is 77.0 Å². The largest absolute Gasteiger partial charge is 0.472 e. The third-order valence-corrected chi connectivity index (χ3v) is 10.1. The molecule has 3 atom stereocenters. The number of ether oxygens (including phenoxy) is 2. The van der Waals surface area contributed by atoms with Crippen molar-refractivity contribution in [2.24, 2.45) is 0 Å². The van der Waals surface area contributed by atoms with Gasteiger partial charge in [0.2, 0.25) is 0 Å². The Labute approximate surface area is 346 Å². The first-order valence-corrected chi connectivity index (χ1v) is 23.7. The van der Waals surface area contributed by atoms with E-state index >= 15 is 0 Å². The van der Waals surface area contributed by atoms with Crippen LogP contribution in [0, 0.1) is 0 Å². The maximum atomic E-state index is 12.6. The molecule has 0 bridgehead atoms. The lowest BCUT2D eigenvalue weighted by Crippen LogP contribution is -2.29. The molecular formula is C46H81O10P. The van der Waals surface area contributed by atoms with Crippen LogP contribution in [0.4, 0.5) is 0 Å². The molecule has 57 heavy (non-hydrogen) atoms. The quantitative estimate of drug-likeness (QED) is 0.0235. The van der Waals surface area contributed by atoms with E-state index in [-0.39, 0.29) is 19.4 Å². The van der Waals surface area contributed by atoms with E-state index in [1.807, 2.05) is 0 Å². The van der Waals surface area contributed by atoms with E-state index in [9.17, 15) is 24.2 Å². The fourth-order valence-electron chi connectivity index (χ4n) is 5.68. The number of esters is 2. The Morgan fingerprint density at radius 1 is 0.526 bits per heavy atom. The first-order valence-electron chi connectivity index (χ1n) is 22.2. The second-order valence-corrected chi connectivity index (χ2v) is 16.2. The fraction of sp³-hybridized carbons (Fsp3) is 0.739. The molecule has 0 fully saturated rings. The molecule has 0 aromatic heterocycles. The van der Waals surface area contributed by atoms with Gasteiger partial charge in [0.05, 0.1) is 19.8 Å². The van der Waals surface area contributed by atoms with Crippen molar-refractivity contribution in [1.29, 1.82) is 0 Å². The van der Waals surface area contributed by atoms with Crippen LogP contribution < -0.4 is 0 Å². The molecule has 0 aromatic carbocycles. The zero-order valence-electron chi connectivity index (χ0n) is 35.8. The van der Waals surface area contributed by atoms with Gasteiger partial charge in [0.15, 0.2) is 6.10 Å². The van der Waals surface area contributed by atoms with Gasteiger partial charge < -0.3 is 24.6 Å². The molecule has 0 saturated carbocycles. The summed E-state index contributed by atoms with van der Waals surface area (Å²) in [5.74, 6) is -0.962. The highest BCUT2D eigenvalue weighted by molar-refractivity contribution is 7.47. The molecule has 0 saturated heterocycles. The van der Waals surface area contributed by atoms with Crippen molar-refractivity contribution < 1.29 is 47.8 Å². The Morgan fingerprint density at radius 2 is 0.912 bits per heavy atom. The third kappa shape index (κ3) is 41.6. The zero-order chi connectivity index (χ0) is 41.9. The van der Waals surface area contributed by atoms with E-state index in [1.165, 1.54) is 64.2 Å². The van der Waals surface area contributed by atoms with Gasteiger partial charge in [-0.1, -0.05) is 145 Å². The SMILES string of the molecule is CCCCC/C=C/C/C=C/C/C=C/CCCCCCC(=O)O[C@H](COC(=O)CCCCCCCCC/C=C/C/C=C/CCCCC)COP(=O)(O)OC[C@@H](O)CO. The van der Waals surface area contributed by atoms with E-state index in [0.29, 0.717) is 12.8 Å². The molecule has 10 nitrogen and oxygen atoms in total. The van der Waals surface area contributed by atoms with Crippen LogP contribution in [0.2, 0.25) is 0 Å². The first-order chi connectivity index (χ1) is 27.7. The Kier molecular flexibility index (Phi) is 40.1. The number of hydrogen-bond acceptors (Lipinski definition) is 9. The van der Waals surface area contributed by atoms with Crippen molar-refractivity contribution in [3.05, 3.63) is 60.8 Å². The number of phosphoric acid groups is 1. The number of phosphoric ester groups is 1. The molecule has 0 aromatic rings. The standard InChI is InChI=1S/C46H81O10P/c1-3-5-7-9-11-13-15-17-19-21-23-25-27-29-31-33-35-37-45(49)53-41-44(42-55-57(51,52)54-40-43(48)39-47)56-46(50)38-36-34-32-30-28-26-24-22-20-18-16-14-12-10-8-6-4-2/h11-14,17-20,24,26,43-44,47-48H,3-10,15-16,21-23,25,27-42H2,1-2H3,(H,51,52)/b13-11+,14-12+,19-17+,20-18+,26-24+/t43-,44+/m0/s1. The summed E-state index contributed by atoms with van der Waals surface area (Å²) in [7, 11) is -4.63. The number of rotatable bonds is 41. The molecular weight excluding hydrogens is 743 g/mol. The molecule has 0 heterocycles. The van der Waals surface area contributed by atoms with E-state index < -0.39 is 51.8 Å². The summed E-state index contributed by atoms with van der Waals surface area (Å²) in [6.45, 7) is 2.29. The summed E-state index contributed by atoms with van der Waals surface area (Å²) >= 11 is 0. The molecule has 0 amide bonds. The molecule has 0 radical (unpaired) electrons. The topological polar surface area (TPSA) is 149 Å². The lowest BCUT2D eigenvalue weighted by Gasteiger charge is -2.20. The smallest absolute Gasteiger partial charge is 0.462 e. The Morgan fingerprint density at radius 3 is 1.37 bits per heavy atom. The number of hydrogen-bond donors (Lipinski definition) is 3. The maximum absolute atomic E-state index is 12.6. The summed E-state index contributed by atoms with van der Waals surface area (Å²) in [4.78, 5) is 35.0. The highest BCUT2D eigenvalue weighted by Crippen LogP contribution is 2.43. The van der Waals surface area contributed by atoms with Crippen molar-refractivity contribution >= 4 is 19.8 Å². The van der Waals surface area contributed by atoms with Gasteiger partial charge in [-0.3, -0.25) is 18.6 Å². The number of carbonyl (C=O) groups excluding carboxylic acids is 2. The molecule has 0 rings (SSSR count). The zero-order valence-corrected chi connectivity index (χ0v) is 36.7. The minimum Gasteiger partial charge on any atom is -0.462 e. The third-order valence-electron chi connectivity index (χ3n) is 9.14. The predicted octanol–water partition coefficient (Wildman–Crippen LogP) is 11.9. The predicted molar refractivity (Wildman–Crippen MR) is 233 cm³/mol. The van der Waals surface area contributed by atoms with Gasteiger partial charge in [0.1, 0.15) is 12.7 Å². The molecule has 0 aliphatic rings. The second kappa shape index (κ2) is 41.8. The van der Waals surface area contributed by atoms with Gasteiger partial charge in [-0.05, 0) is 83.5 Å². The highest BCUT2D eigenvalue weighted by atomic mass is 31.2. The number of carbonyl (C=O) groups is 2. The summed E-state index contributed by atoms with van der Waals surface area (Å²) in [5, 5.41) is 18.3. The van der Waals surface area contributed by atoms with Crippen molar-refractivity contribution in [2.75, 3.05) is 26.4 Å². The van der Waals surface area contributed by atoms with E-state index in [1.54, 1.807) is 0 Å². The second-order valence-electron chi connectivity index (χ2n) is 14.7. The van der Waals surface area contributed by atoms with Gasteiger partial charge in [0.25, 0.3) is 0 Å². The molecule has 3 N–H and O–H groups in total. The lowest BCUT2D eigenvalue weighted by atomic mass is 10.1. The maximum Gasteiger partial charge on any atom is 0.472 e. The van der Waals surface area contributed by atoms with Crippen LogP contribution in [0.5, 0.6) is 0 Å². The summed E-state index contributed by atoms with van der Waals surface area (Å²) in [5.41, 5.74) is 0. The van der Waals surface area contributed by atoms with Crippen LogP contribution in [0.15, 0.2) is 60.8 Å². The summed E-state index contributed by atoms with van der Waals surface area (Å²) in [6.07, 6.45) is 46.0. The molecule has 11 heteroatoms. The van der Waals surface area contributed by atoms with Crippen molar-refractivity contribution in [1.82, 2.24) is 0 Å². The number of unbranched alkanes of at least 4 members (excludes halogenated alkanes) is 17. The molecule has 330 valence electrons. The average molecular weight is 825 g/mol. The van der Waals surface area contributed by atoms with Crippen LogP contribution in [-0.2, 0) is 32.7 Å². The molecule has 0 aliphatic heterocycles. The van der Waals surface area contributed by atoms with Crippen molar-refractivity contribution in [3.63, 3.8) is 0 Å². The lowest BCUT2D eigenvalue weighted by molar-refractivity contribution is -0.161. The Bertz CT molecular complexity index is 1130. The van der Waals surface area contributed by atoms with Gasteiger partial charge in [-0.2, -0.15) is 0 Å². The Balaban J connectivity index is 4.35. The van der Waals surface area contributed by atoms with Crippen LogP contribution in [0.25, 0.3) is 0 Å². The molecule has 1 unspecified atom stereocenters. The molecule has 0 spiro atoms. The Hall–Kier alpha value is -2.33. The summed E-state index contributed by atoms with van der Waals surface area (Å²) < 4.78 is 32.7. The van der Waals surface area contributed by atoms with Gasteiger partial charge >= 0.3 is 19.8 Å².